The molecule has 5 nitrogen and oxygen atoms in total. The van der Waals surface area contributed by atoms with Crippen LogP contribution in [0, 0.1) is 0 Å². The van der Waals surface area contributed by atoms with Crippen LogP contribution in [0.25, 0.3) is 10.2 Å². The molecule has 0 N–H and O–H groups in total. The largest absolute Gasteiger partial charge is 0.376 e. The van der Waals surface area contributed by atoms with Gasteiger partial charge in [-0.3, -0.25) is 4.79 Å². The number of thiazole rings is 1. The number of likely N-dealkylation sites (tertiary alicyclic amines) is 1. The van der Waals surface area contributed by atoms with Crippen LogP contribution >= 0.6 is 11.3 Å². The van der Waals surface area contributed by atoms with Gasteiger partial charge in [0, 0.05) is 6.54 Å². The van der Waals surface area contributed by atoms with Crippen LogP contribution in [0.1, 0.15) is 30.3 Å². The molecular formula is C17H20N2O3S. The molecule has 1 aromatic carbocycles. The Bertz CT molecular complexity index is 663. The van der Waals surface area contributed by atoms with E-state index in [-0.39, 0.29) is 11.9 Å². The fraction of sp³-hybridized carbons (Fsp3) is 0.529. The SMILES string of the molecule is O=C([C@H]1COCCO1)N1CCCC[C@H]1c1nc2ccccc2s1. The van der Waals surface area contributed by atoms with E-state index in [1.54, 1.807) is 11.3 Å². The quantitative estimate of drug-likeness (QED) is 0.848. The van der Waals surface area contributed by atoms with Gasteiger partial charge < -0.3 is 14.4 Å². The van der Waals surface area contributed by atoms with E-state index in [9.17, 15) is 4.79 Å². The Morgan fingerprint density at radius 3 is 3.00 bits per heavy atom. The molecule has 6 heteroatoms. The van der Waals surface area contributed by atoms with Crippen molar-refractivity contribution in [3.63, 3.8) is 0 Å². The van der Waals surface area contributed by atoms with E-state index in [1.807, 2.05) is 23.1 Å². The first kappa shape index (κ1) is 15.1. The minimum atomic E-state index is -0.460. The average molecular weight is 332 g/mol. The van der Waals surface area contributed by atoms with E-state index < -0.39 is 6.10 Å². The fourth-order valence-corrected chi connectivity index (χ4v) is 4.42. The lowest BCUT2D eigenvalue weighted by atomic mass is 10.0. The molecule has 23 heavy (non-hydrogen) atoms. The van der Waals surface area contributed by atoms with E-state index in [0.717, 1.165) is 36.3 Å². The lowest BCUT2D eigenvalue weighted by molar-refractivity contribution is -0.161. The van der Waals surface area contributed by atoms with Gasteiger partial charge >= 0.3 is 0 Å². The zero-order chi connectivity index (χ0) is 15.6. The number of carbonyl (C=O) groups excluding carboxylic acids is 1. The number of hydrogen-bond acceptors (Lipinski definition) is 5. The van der Waals surface area contributed by atoms with E-state index in [2.05, 4.69) is 6.07 Å². The number of fused-ring (bicyclic) bond motifs is 1. The number of para-hydroxylation sites is 1. The number of carbonyl (C=O) groups is 1. The number of nitrogens with zero attached hydrogens (tertiary/aromatic N) is 2. The molecule has 1 amide bonds. The highest BCUT2D eigenvalue weighted by atomic mass is 32.1. The molecule has 2 fully saturated rings. The van der Waals surface area contributed by atoms with Crippen LogP contribution in [0.2, 0.25) is 0 Å². The molecule has 2 aliphatic heterocycles. The van der Waals surface area contributed by atoms with Gasteiger partial charge in [-0.15, -0.1) is 11.3 Å². The van der Waals surface area contributed by atoms with Crippen LogP contribution in [0.5, 0.6) is 0 Å². The summed E-state index contributed by atoms with van der Waals surface area (Å²) >= 11 is 1.69. The average Bonchev–Trinajstić information content (AvgIpc) is 3.06. The van der Waals surface area contributed by atoms with Crippen LogP contribution in [0.4, 0.5) is 0 Å². The van der Waals surface area contributed by atoms with Crippen LogP contribution < -0.4 is 0 Å². The molecule has 2 aromatic rings. The van der Waals surface area contributed by atoms with Gasteiger partial charge in [-0.05, 0) is 31.4 Å². The van der Waals surface area contributed by atoms with Crippen molar-refractivity contribution in [3.05, 3.63) is 29.3 Å². The molecule has 122 valence electrons. The minimum absolute atomic E-state index is 0.0497. The maximum atomic E-state index is 12.8. The molecule has 0 aliphatic carbocycles. The zero-order valence-electron chi connectivity index (χ0n) is 12.9. The maximum Gasteiger partial charge on any atom is 0.254 e. The second-order valence-electron chi connectivity index (χ2n) is 6.00. The van der Waals surface area contributed by atoms with Crippen molar-refractivity contribution >= 4 is 27.5 Å². The topological polar surface area (TPSA) is 51.7 Å². The van der Waals surface area contributed by atoms with Crippen molar-refractivity contribution in [3.8, 4) is 0 Å². The summed E-state index contributed by atoms with van der Waals surface area (Å²) in [6, 6.07) is 8.22. The van der Waals surface area contributed by atoms with Gasteiger partial charge in [-0.1, -0.05) is 12.1 Å². The molecule has 0 saturated carbocycles. The Kier molecular flexibility index (Phi) is 4.29. The minimum Gasteiger partial charge on any atom is -0.376 e. The summed E-state index contributed by atoms with van der Waals surface area (Å²) in [6.45, 7) is 2.21. The lowest BCUT2D eigenvalue weighted by Gasteiger charge is -2.37. The van der Waals surface area contributed by atoms with Crippen LogP contribution in [-0.4, -0.2) is 48.3 Å². The Morgan fingerprint density at radius 2 is 2.17 bits per heavy atom. The molecule has 2 saturated heterocycles. The molecule has 2 atom stereocenters. The van der Waals surface area contributed by atoms with Crippen LogP contribution in [0.15, 0.2) is 24.3 Å². The van der Waals surface area contributed by atoms with Gasteiger partial charge in [-0.25, -0.2) is 4.98 Å². The standard InChI is InChI=1S/C17H20N2O3S/c20-17(14-11-21-9-10-22-14)19-8-4-3-6-13(19)16-18-12-5-1-2-7-15(12)23-16/h1-2,5,7,13-14H,3-4,6,8-11H2/t13-,14+/m0/s1. The third-order valence-corrected chi connectivity index (χ3v) is 5.61. The van der Waals surface area contributed by atoms with Crippen LogP contribution in [-0.2, 0) is 14.3 Å². The Balaban J connectivity index is 1.60. The summed E-state index contributed by atoms with van der Waals surface area (Å²) in [5.74, 6) is 0.0497. The normalized spacial score (nSPS) is 25.7. The molecule has 0 unspecified atom stereocenters. The molecule has 0 bridgehead atoms. The summed E-state index contributed by atoms with van der Waals surface area (Å²) in [4.78, 5) is 19.6. The highest BCUT2D eigenvalue weighted by molar-refractivity contribution is 7.18. The van der Waals surface area contributed by atoms with Crippen molar-refractivity contribution in [2.75, 3.05) is 26.4 Å². The predicted octanol–water partition coefficient (Wildman–Crippen LogP) is 2.77. The van der Waals surface area contributed by atoms with Gasteiger partial charge in [0.1, 0.15) is 5.01 Å². The Labute approximate surface area is 139 Å². The third kappa shape index (κ3) is 2.98. The van der Waals surface area contributed by atoms with Crippen molar-refractivity contribution in [2.45, 2.75) is 31.4 Å². The van der Waals surface area contributed by atoms with Crippen molar-refractivity contribution in [2.24, 2.45) is 0 Å². The highest BCUT2D eigenvalue weighted by Gasteiger charge is 2.35. The van der Waals surface area contributed by atoms with Crippen molar-refractivity contribution in [1.29, 1.82) is 0 Å². The summed E-state index contributed by atoms with van der Waals surface area (Å²) in [5.41, 5.74) is 1.02. The summed E-state index contributed by atoms with van der Waals surface area (Å²) in [6.07, 6.45) is 2.69. The number of amides is 1. The third-order valence-electron chi connectivity index (χ3n) is 4.47. The van der Waals surface area contributed by atoms with E-state index in [0.29, 0.717) is 19.8 Å². The second kappa shape index (κ2) is 6.55. The van der Waals surface area contributed by atoms with Gasteiger partial charge in [0.25, 0.3) is 5.91 Å². The van der Waals surface area contributed by atoms with Gasteiger partial charge in [0.05, 0.1) is 36.1 Å². The van der Waals surface area contributed by atoms with Crippen molar-refractivity contribution in [1.82, 2.24) is 9.88 Å². The van der Waals surface area contributed by atoms with Gasteiger partial charge in [0.15, 0.2) is 6.10 Å². The molecule has 4 rings (SSSR count). The number of rotatable bonds is 2. The molecule has 2 aliphatic rings. The first-order valence-electron chi connectivity index (χ1n) is 8.18. The second-order valence-corrected chi connectivity index (χ2v) is 7.06. The van der Waals surface area contributed by atoms with Gasteiger partial charge in [-0.2, -0.15) is 0 Å². The number of piperidine rings is 1. The summed E-state index contributed by atoms with van der Waals surface area (Å²) in [7, 11) is 0. The number of aromatic nitrogens is 1. The fourth-order valence-electron chi connectivity index (χ4n) is 3.30. The van der Waals surface area contributed by atoms with Gasteiger partial charge in [0.2, 0.25) is 0 Å². The Hall–Kier alpha value is -1.50. The first-order valence-corrected chi connectivity index (χ1v) is 9.00. The maximum absolute atomic E-state index is 12.8. The summed E-state index contributed by atoms with van der Waals surface area (Å²) < 4.78 is 12.2. The molecular weight excluding hydrogens is 312 g/mol. The zero-order valence-corrected chi connectivity index (χ0v) is 13.8. The molecule has 1 aromatic heterocycles. The number of hydrogen-bond donors (Lipinski definition) is 0. The highest BCUT2D eigenvalue weighted by Crippen LogP contribution is 2.36. The number of benzene rings is 1. The Morgan fingerprint density at radius 1 is 1.26 bits per heavy atom. The predicted molar refractivity (Wildman–Crippen MR) is 88.5 cm³/mol. The summed E-state index contributed by atoms with van der Waals surface area (Å²) in [5, 5.41) is 1.04. The molecule has 0 spiro atoms. The molecule has 3 heterocycles. The monoisotopic (exact) mass is 332 g/mol. The van der Waals surface area contributed by atoms with E-state index >= 15 is 0 Å². The smallest absolute Gasteiger partial charge is 0.254 e. The number of ether oxygens (including phenoxy) is 2. The van der Waals surface area contributed by atoms with E-state index in [4.69, 9.17) is 14.5 Å². The van der Waals surface area contributed by atoms with Crippen LogP contribution in [0.3, 0.4) is 0 Å². The van der Waals surface area contributed by atoms with Crippen molar-refractivity contribution < 1.29 is 14.3 Å². The van der Waals surface area contributed by atoms with E-state index in [1.165, 1.54) is 4.70 Å². The first-order chi connectivity index (χ1) is 11.3. The lowest BCUT2D eigenvalue weighted by Crippen LogP contribution is -2.48. The molecule has 0 radical (unpaired) electrons.